The van der Waals surface area contributed by atoms with Gasteiger partial charge in [-0.1, -0.05) is 34.8 Å². The Bertz CT molecular complexity index is 561. The third-order valence-corrected chi connectivity index (χ3v) is 3.48. The van der Waals surface area contributed by atoms with E-state index in [1.165, 1.54) is 0 Å². The van der Waals surface area contributed by atoms with Crippen molar-refractivity contribution in [2.45, 2.75) is 6.92 Å². The highest BCUT2D eigenvalue weighted by Gasteiger charge is 2.09. The summed E-state index contributed by atoms with van der Waals surface area (Å²) in [6.45, 7) is 1.76. The smallest absolute Gasteiger partial charge is 0.135 e. The number of benzene rings is 1. The van der Waals surface area contributed by atoms with Crippen molar-refractivity contribution in [3.8, 4) is 0 Å². The van der Waals surface area contributed by atoms with E-state index < -0.39 is 0 Å². The zero-order valence-electron chi connectivity index (χ0n) is 9.14. The van der Waals surface area contributed by atoms with Crippen LogP contribution in [0, 0.1) is 10.5 Å². The van der Waals surface area contributed by atoms with Crippen LogP contribution < -0.4 is 5.32 Å². The number of aromatic nitrogens is 2. The average molecular weight is 414 g/mol. The Hall–Kier alpha value is -0.300. The van der Waals surface area contributed by atoms with Gasteiger partial charge in [0.05, 0.1) is 15.7 Å². The molecule has 0 atom stereocenters. The summed E-state index contributed by atoms with van der Waals surface area (Å²) in [4.78, 5) is 8.19. The SMILES string of the molecule is Cc1nc(Cl)cc(Nc2c(Cl)cc(I)cc2Cl)n1. The van der Waals surface area contributed by atoms with Crippen molar-refractivity contribution in [2.24, 2.45) is 0 Å². The first-order valence-corrected chi connectivity index (χ1v) is 7.10. The monoisotopic (exact) mass is 413 g/mol. The molecule has 2 rings (SSSR count). The Kier molecular flexibility index (Phi) is 4.53. The molecular weight excluding hydrogens is 407 g/mol. The molecule has 0 bridgehead atoms. The summed E-state index contributed by atoms with van der Waals surface area (Å²) in [7, 11) is 0. The summed E-state index contributed by atoms with van der Waals surface area (Å²) in [6, 6.07) is 5.23. The number of anilines is 2. The van der Waals surface area contributed by atoms with Crippen LogP contribution in [0.25, 0.3) is 0 Å². The molecule has 1 aromatic heterocycles. The van der Waals surface area contributed by atoms with E-state index in [4.69, 9.17) is 34.8 Å². The molecule has 0 aliphatic carbocycles. The van der Waals surface area contributed by atoms with E-state index in [0.717, 1.165) is 3.57 Å². The van der Waals surface area contributed by atoms with Crippen LogP contribution in [0.3, 0.4) is 0 Å². The van der Waals surface area contributed by atoms with Crippen molar-refractivity contribution in [1.82, 2.24) is 9.97 Å². The molecular formula is C11H7Cl3IN3. The van der Waals surface area contributed by atoms with Gasteiger partial charge in [-0.3, -0.25) is 0 Å². The highest BCUT2D eigenvalue weighted by molar-refractivity contribution is 14.1. The molecule has 0 aliphatic heterocycles. The molecule has 7 heteroatoms. The Morgan fingerprint density at radius 3 is 2.22 bits per heavy atom. The summed E-state index contributed by atoms with van der Waals surface area (Å²) in [6.07, 6.45) is 0. The molecule has 0 radical (unpaired) electrons. The van der Waals surface area contributed by atoms with Gasteiger partial charge in [-0.05, 0) is 41.6 Å². The van der Waals surface area contributed by atoms with Gasteiger partial charge in [-0.15, -0.1) is 0 Å². The number of nitrogens with zero attached hydrogens (tertiary/aromatic N) is 2. The van der Waals surface area contributed by atoms with Crippen molar-refractivity contribution < 1.29 is 0 Å². The lowest BCUT2D eigenvalue weighted by Crippen LogP contribution is -1.98. The molecule has 0 saturated heterocycles. The first-order chi connectivity index (χ1) is 8.45. The number of nitrogens with one attached hydrogen (secondary N) is 1. The van der Waals surface area contributed by atoms with Crippen LogP contribution in [0.4, 0.5) is 11.5 Å². The number of hydrogen-bond donors (Lipinski definition) is 1. The van der Waals surface area contributed by atoms with E-state index >= 15 is 0 Å². The third-order valence-electron chi connectivity index (χ3n) is 2.07. The molecule has 0 spiro atoms. The summed E-state index contributed by atoms with van der Waals surface area (Å²) < 4.78 is 0.963. The second-order valence-corrected chi connectivity index (χ2v) is 5.94. The van der Waals surface area contributed by atoms with Crippen LogP contribution in [-0.4, -0.2) is 9.97 Å². The van der Waals surface area contributed by atoms with Crippen molar-refractivity contribution in [3.63, 3.8) is 0 Å². The quantitative estimate of drug-likeness (QED) is 0.549. The Balaban J connectivity index is 2.40. The second kappa shape index (κ2) is 5.77. The van der Waals surface area contributed by atoms with Gasteiger partial charge in [-0.25, -0.2) is 9.97 Å². The summed E-state index contributed by atoms with van der Waals surface area (Å²) >= 11 is 20.3. The Labute approximate surface area is 133 Å². The fourth-order valence-corrected chi connectivity index (χ4v) is 3.18. The third kappa shape index (κ3) is 3.38. The van der Waals surface area contributed by atoms with Crippen molar-refractivity contribution in [3.05, 3.63) is 42.8 Å². The van der Waals surface area contributed by atoms with Gasteiger partial charge in [0.25, 0.3) is 0 Å². The minimum Gasteiger partial charge on any atom is -0.338 e. The van der Waals surface area contributed by atoms with Gasteiger partial charge >= 0.3 is 0 Å². The zero-order chi connectivity index (χ0) is 13.3. The Morgan fingerprint density at radius 1 is 1.06 bits per heavy atom. The molecule has 94 valence electrons. The van der Waals surface area contributed by atoms with Crippen LogP contribution in [0.1, 0.15) is 5.82 Å². The van der Waals surface area contributed by atoms with Gasteiger partial charge in [0.1, 0.15) is 16.8 Å². The van der Waals surface area contributed by atoms with Crippen molar-refractivity contribution >= 4 is 68.9 Å². The molecule has 1 heterocycles. The van der Waals surface area contributed by atoms with Crippen LogP contribution in [0.5, 0.6) is 0 Å². The van der Waals surface area contributed by atoms with Gasteiger partial charge in [0.2, 0.25) is 0 Å². The second-order valence-electron chi connectivity index (χ2n) is 3.49. The fraction of sp³-hybridized carbons (Fsp3) is 0.0909. The van der Waals surface area contributed by atoms with E-state index in [1.807, 2.05) is 12.1 Å². The highest BCUT2D eigenvalue weighted by Crippen LogP contribution is 2.34. The molecule has 0 unspecified atom stereocenters. The summed E-state index contributed by atoms with van der Waals surface area (Å²) in [5.74, 6) is 1.13. The highest BCUT2D eigenvalue weighted by atomic mass is 127. The molecule has 2 aromatic rings. The van der Waals surface area contributed by atoms with Crippen LogP contribution in [-0.2, 0) is 0 Å². The average Bonchev–Trinajstić information content (AvgIpc) is 2.22. The zero-order valence-corrected chi connectivity index (χ0v) is 13.6. The first-order valence-electron chi connectivity index (χ1n) is 4.88. The molecule has 1 N–H and O–H groups in total. The number of rotatable bonds is 2. The standard InChI is InChI=1S/C11H7Cl3IN3/c1-5-16-9(14)4-10(17-5)18-11-7(12)2-6(15)3-8(11)13/h2-4H,1H3,(H,16,17,18). The van der Waals surface area contributed by atoms with E-state index in [0.29, 0.717) is 32.5 Å². The maximum absolute atomic E-state index is 6.14. The molecule has 0 amide bonds. The predicted octanol–water partition coefficient (Wildman–Crippen LogP) is 5.09. The fourth-order valence-electron chi connectivity index (χ4n) is 1.38. The van der Waals surface area contributed by atoms with E-state index in [9.17, 15) is 0 Å². The lowest BCUT2D eigenvalue weighted by molar-refractivity contribution is 1.06. The minimum atomic E-state index is 0.364. The molecule has 0 aliphatic rings. The van der Waals surface area contributed by atoms with Crippen LogP contribution >= 0.6 is 57.4 Å². The van der Waals surface area contributed by atoms with Crippen LogP contribution in [0.15, 0.2) is 18.2 Å². The predicted molar refractivity (Wildman–Crippen MR) is 84.2 cm³/mol. The molecule has 1 aromatic carbocycles. The van der Waals surface area contributed by atoms with Crippen molar-refractivity contribution in [2.75, 3.05) is 5.32 Å². The minimum absolute atomic E-state index is 0.364. The molecule has 18 heavy (non-hydrogen) atoms. The number of hydrogen-bond acceptors (Lipinski definition) is 3. The van der Waals surface area contributed by atoms with Crippen molar-refractivity contribution in [1.29, 1.82) is 0 Å². The lowest BCUT2D eigenvalue weighted by Gasteiger charge is -2.10. The lowest BCUT2D eigenvalue weighted by atomic mass is 10.3. The van der Waals surface area contributed by atoms with E-state index in [-0.39, 0.29) is 0 Å². The maximum atomic E-state index is 6.14. The summed E-state index contributed by atoms with van der Waals surface area (Å²) in [5, 5.41) is 4.46. The normalized spacial score (nSPS) is 10.5. The molecule has 3 nitrogen and oxygen atoms in total. The maximum Gasteiger partial charge on any atom is 0.135 e. The van der Waals surface area contributed by atoms with E-state index in [1.54, 1.807) is 13.0 Å². The largest absolute Gasteiger partial charge is 0.338 e. The van der Waals surface area contributed by atoms with E-state index in [2.05, 4.69) is 37.9 Å². The molecule has 0 saturated carbocycles. The first kappa shape index (κ1) is 14.1. The number of halogens is 4. The summed E-state index contributed by atoms with van der Waals surface area (Å²) in [5.41, 5.74) is 0.605. The van der Waals surface area contributed by atoms with Crippen LogP contribution in [0.2, 0.25) is 15.2 Å². The van der Waals surface area contributed by atoms with Gasteiger partial charge in [0, 0.05) is 9.64 Å². The number of aryl methyl sites for hydroxylation is 1. The van der Waals surface area contributed by atoms with Gasteiger partial charge in [-0.2, -0.15) is 0 Å². The van der Waals surface area contributed by atoms with Gasteiger partial charge in [0.15, 0.2) is 0 Å². The topological polar surface area (TPSA) is 37.8 Å². The van der Waals surface area contributed by atoms with Gasteiger partial charge < -0.3 is 5.32 Å². The molecule has 0 fully saturated rings. The Morgan fingerprint density at radius 2 is 1.67 bits per heavy atom.